The van der Waals surface area contributed by atoms with Crippen LogP contribution in [0.5, 0.6) is 5.75 Å². The smallest absolute Gasteiger partial charge is 0.188 e. The van der Waals surface area contributed by atoms with Gasteiger partial charge in [0.15, 0.2) is 5.69 Å². The minimum absolute atomic E-state index is 0.275. The quantitative estimate of drug-likeness (QED) is 0.636. The lowest BCUT2D eigenvalue weighted by Crippen LogP contribution is -2.23. The first-order valence-corrected chi connectivity index (χ1v) is 4.66. The average Bonchev–Trinajstić information content (AvgIpc) is 2.06. The summed E-state index contributed by atoms with van der Waals surface area (Å²) in [7, 11) is 0. The van der Waals surface area contributed by atoms with E-state index in [1.165, 1.54) is 0 Å². The van der Waals surface area contributed by atoms with Crippen molar-refractivity contribution in [2.75, 3.05) is 0 Å². The van der Waals surface area contributed by atoms with Gasteiger partial charge in [-0.3, -0.25) is 0 Å². The second-order valence-electron chi connectivity index (χ2n) is 3.94. The van der Waals surface area contributed by atoms with Crippen LogP contribution in [0.2, 0.25) is 5.02 Å². The van der Waals surface area contributed by atoms with Gasteiger partial charge in [0.05, 0.1) is 11.6 Å². The monoisotopic (exact) mass is 209 g/mol. The Morgan fingerprint density at radius 1 is 1.36 bits per heavy atom. The molecule has 3 heteroatoms. The number of hydrogen-bond acceptors (Lipinski definition) is 1. The van der Waals surface area contributed by atoms with E-state index in [1.54, 1.807) is 18.2 Å². The number of ether oxygens (including phenoxy) is 1. The summed E-state index contributed by atoms with van der Waals surface area (Å²) >= 11 is 5.95. The third-order valence-electron chi connectivity index (χ3n) is 1.46. The molecule has 0 aliphatic heterocycles. The van der Waals surface area contributed by atoms with E-state index in [1.807, 2.05) is 20.8 Å². The normalized spacial score (nSPS) is 10.8. The SMILES string of the molecule is [C-]#[N+]c1ccc(OC(C)(C)C)c(Cl)c1. The highest BCUT2D eigenvalue weighted by Crippen LogP contribution is 2.31. The number of benzene rings is 1. The molecule has 0 saturated carbocycles. The number of halogens is 1. The summed E-state index contributed by atoms with van der Waals surface area (Å²) in [6.45, 7) is 12.7. The fourth-order valence-corrected chi connectivity index (χ4v) is 1.19. The molecule has 0 N–H and O–H groups in total. The Morgan fingerprint density at radius 2 is 2.00 bits per heavy atom. The van der Waals surface area contributed by atoms with Crippen LogP contribution in [0.15, 0.2) is 18.2 Å². The van der Waals surface area contributed by atoms with Crippen LogP contribution in [-0.2, 0) is 0 Å². The Bertz CT molecular complexity index is 374. The van der Waals surface area contributed by atoms with Crippen molar-refractivity contribution in [2.45, 2.75) is 26.4 Å². The maximum Gasteiger partial charge on any atom is 0.188 e. The van der Waals surface area contributed by atoms with Crippen LogP contribution < -0.4 is 4.74 Å². The van der Waals surface area contributed by atoms with E-state index in [0.29, 0.717) is 16.5 Å². The highest BCUT2D eigenvalue weighted by atomic mass is 35.5. The summed E-state index contributed by atoms with van der Waals surface area (Å²) in [5, 5.41) is 0.480. The summed E-state index contributed by atoms with van der Waals surface area (Å²) in [5.74, 6) is 0.617. The highest BCUT2D eigenvalue weighted by molar-refractivity contribution is 6.32. The maximum absolute atomic E-state index is 6.82. The maximum atomic E-state index is 6.82. The zero-order valence-corrected chi connectivity index (χ0v) is 9.22. The average molecular weight is 210 g/mol. The molecule has 0 amide bonds. The molecular formula is C11H12ClNO. The molecule has 1 aromatic rings. The van der Waals surface area contributed by atoms with E-state index in [2.05, 4.69) is 4.85 Å². The number of rotatable bonds is 1. The van der Waals surface area contributed by atoms with E-state index in [4.69, 9.17) is 22.9 Å². The largest absolute Gasteiger partial charge is 0.487 e. The molecular weight excluding hydrogens is 198 g/mol. The van der Waals surface area contributed by atoms with Gasteiger partial charge in [0.2, 0.25) is 0 Å². The van der Waals surface area contributed by atoms with Crippen LogP contribution >= 0.6 is 11.6 Å². The molecule has 0 unspecified atom stereocenters. The molecule has 2 nitrogen and oxygen atoms in total. The standard InChI is InChI=1S/C11H12ClNO/c1-11(2,3)14-10-6-5-8(13-4)7-9(10)12/h5-7H,1-3H3. The number of hydrogen-bond donors (Lipinski definition) is 0. The van der Waals surface area contributed by atoms with Crippen molar-refractivity contribution >= 4 is 17.3 Å². The minimum atomic E-state index is -0.275. The zero-order valence-electron chi connectivity index (χ0n) is 8.47. The second-order valence-corrected chi connectivity index (χ2v) is 4.35. The zero-order chi connectivity index (χ0) is 10.8. The third kappa shape index (κ3) is 2.93. The lowest BCUT2D eigenvalue weighted by Gasteiger charge is -2.22. The third-order valence-corrected chi connectivity index (χ3v) is 1.76. The van der Waals surface area contributed by atoms with Gasteiger partial charge in [0.25, 0.3) is 0 Å². The van der Waals surface area contributed by atoms with Crippen LogP contribution in [0.1, 0.15) is 20.8 Å². The predicted molar refractivity (Wildman–Crippen MR) is 58.1 cm³/mol. The van der Waals surface area contributed by atoms with Crippen LogP contribution in [-0.4, -0.2) is 5.60 Å². The van der Waals surface area contributed by atoms with Crippen molar-refractivity contribution in [2.24, 2.45) is 0 Å². The van der Waals surface area contributed by atoms with Gasteiger partial charge in [0.1, 0.15) is 11.4 Å². The molecule has 0 atom stereocenters. The van der Waals surface area contributed by atoms with Crippen LogP contribution in [0, 0.1) is 6.57 Å². The summed E-state index contributed by atoms with van der Waals surface area (Å²) in [4.78, 5) is 3.28. The summed E-state index contributed by atoms with van der Waals surface area (Å²) in [5.41, 5.74) is 0.250. The molecule has 0 heterocycles. The number of nitrogens with zero attached hydrogens (tertiary/aromatic N) is 1. The van der Waals surface area contributed by atoms with Crippen LogP contribution in [0.25, 0.3) is 4.85 Å². The molecule has 0 saturated heterocycles. The molecule has 0 spiro atoms. The Kier molecular flexibility index (Phi) is 3.03. The molecule has 14 heavy (non-hydrogen) atoms. The van der Waals surface area contributed by atoms with E-state index in [0.717, 1.165) is 0 Å². The van der Waals surface area contributed by atoms with Gasteiger partial charge >= 0.3 is 0 Å². The fourth-order valence-electron chi connectivity index (χ4n) is 0.972. The lowest BCUT2D eigenvalue weighted by atomic mass is 10.2. The predicted octanol–water partition coefficient (Wildman–Crippen LogP) is 4.07. The van der Waals surface area contributed by atoms with Gasteiger partial charge < -0.3 is 4.74 Å². The molecule has 74 valence electrons. The van der Waals surface area contributed by atoms with E-state index in [-0.39, 0.29) is 5.60 Å². The van der Waals surface area contributed by atoms with E-state index < -0.39 is 0 Å². The Morgan fingerprint density at radius 3 is 2.43 bits per heavy atom. The fraction of sp³-hybridized carbons (Fsp3) is 0.364. The molecule has 0 aromatic heterocycles. The molecule has 0 aliphatic rings. The molecule has 0 bridgehead atoms. The summed E-state index contributed by atoms with van der Waals surface area (Å²) < 4.78 is 5.60. The van der Waals surface area contributed by atoms with E-state index in [9.17, 15) is 0 Å². The van der Waals surface area contributed by atoms with Crippen molar-refractivity contribution in [1.82, 2.24) is 0 Å². The minimum Gasteiger partial charge on any atom is -0.487 e. The van der Waals surface area contributed by atoms with Crippen molar-refractivity contribution in [3.63, 3.8) is 0 Å². The van der Waals surface area contributed by atoms with Gasteiger partial charge in [-0.1, -0.05) is 17.7 Å². The van der Waals surface area contributed by atoms with Crippen molar-refractivity contribution in [3.05, 3.63) is 34.6 Å². The van der Waals surface area contributed by atoms with E-state index >= 15 is 0 Å². The topological polar surface area (TPSA) is 13.6 Å². The first kappa shape index (κ1) is 10.9. The molecule has 1 rings (SSSR count). The van der Waals surface area contributed by atoms with Gasteiger partial charge in [0, 0.05) is 0 Å². The van der Waals surface area contributed by atoms with Crippen LogP contribution in [0.4, 0.5) is 5.69 Å². The molecule has 0 fully saturated rings. The van der Waals surface area contributed by atoms with Crippen molar-refractivity contribution in [3.8, 4) is 5.75 Å². The molecule has 1 aromatic carbocycles. The summed E-state index contributed by atoms with van der Waals surface area (Å²) in [6.07, 6.45) is 0. The Balaban J connectivity index is 2.97. The van der Waals surface area contributed by atoms with Crippen LogP contribution in [0.3, 0.4) is 0 Å². The van der Waals surface area contributed by atoms with Crippen molar-refractivity contribution < 1.29 is 4.74 Å². The van der Waals surface area contributed by atoms with Crippen molar-refractivity contribution in [1.29, 1.82) is 0 Å². The first-order chi connectivity index (χ1) is 6.42. The Hall–Kier alpha value is -1.20. The first-order valence-electron chi connectivity index (χ1n) is 4.28. The Labute approximate surface area is 89.3 Å². The van der Waals surface area contributed by atoms with Gasteiger partial charge in [-0.25, -0.2) is 4.85 Å². The highest BCUT2D eigenvalue weighted by Gasteiger charge is 2.13. The van der Waals surface area contributed by atoms with Gasteiger partial charge in [-0.2, -0.15) is 0 Å². The van der Waals surface area contributed by atoms with Gasteiger partial charge in [-0.05, 0) is 32.9 Å². The van der Waals surface area contributed by atoms with Gasteiger partial charge in [-0.15, -0.1) is 0 Å². The molecule has 0 radical (unpaired) electrons. The summed E-state index contributed by atoms with van der Waals surface area (Å²) in [6, 6.07) is 5.02. The lowest BCUT2D eigenvalue weighted by molar-refractivity contribution is 0.131. The molecule has 0 aliphatic carbocycles. The second kappa shape index (κ2) is 3.89.